The molecule has 0 saturated heterocycles. The van der Waals surface area contributed by atoms with Crippen molar-refractivity contribution in [1.82, 2.24) is 9.97 Å². The van der Waals surface area contributed by atoms with Crippen LogP contribution >= 0.6 is 12.4 Å². The van der Waals surface area contributed by atoms with Crippen LogP contribution in [-0.2, 0) is 6.61 Å². The molecule has 92 valence electrons. The first-order chi connectivity index (χ1) is 7.61. The van der Waals surface area contributed by atoms with Crippen LogP contribution in [0.4, 0.5) is 4.39 Å². The van der Waals surface area contributed by atoms with Crippen molar-refractivity contribution in [1.29, 1.82) is 0 Å². The first-order valence-electron chi connectivity index (χ1n) is 5.04. The number of halogens is 2. The van der Waals surface area contributed by atoms with Crippen LogP contribution in [0.5, 0.6) is 0 Å². The molecule has 2 N–H and O–H groups in total. The highest BCUT2D eigenvalue weighted by molar-refractivity contribution is 5.85. The van der Waals surface area contributed by atoms with Crippen molar-refractivity contribution in [3.8, 4) is 11.4 Å². The van der Waals surface area contributed by atoms with Crippen LogP contribution in [0.2, 0.25) is 0 Å². The monoisotopic (exact) mass is 256 g/mol. The summed E-state index contributed by atoms with van der Waals surface area (Å²) in [5.41, 5.74) is 2.69. The Labute approximate surface area is 105 Å². The van der Waals surface area contributed by atoms with E-state index < -0.39 is 0 Å². The Hall–Kier alpha value is -1.39. The van der Waals surface area contributed by atoms with Crippen molar-refractivity contribution < 1.29 is 9.50 Å². The van der Waals surface area contributed by atoms with E-state index in [2.05, 4.69) is 9.97 Å². The fourth-order valence-corrected chi connectivity index (χ4v) is 1.53. The lowest BCUT2D eigenvalue weighted by Gasteiger charge is -1.99. The molecule has 1 aromatic carbocycles. The van der Waals surface area contributed by atoms with Gasteiger partial charge in [0.2, 0.25) is 0 Å². The van der Waals surface area contributed by atoms with E-state index in [1.807, 2.05) is 6.92 Å². The molecule has 0 unspecified atom stereocenters. The third-order valence-corrected chi connectivity index (χ3v) is 2.58. The highest BCUT2D eigenvalue weighted by Gasteiger charge is 2.08. The second-order valence-electron chi connectivity index (χ2n) is 3.78. The topological polar surface area (TPSA) is 48.9 Å². The molecule has 0 spiro atoms. The van der Waals surface area contributed by atoms with Crippen molar-refractivity contribution in [3.05, 3.63) is 41.0 Å². The number of aromatic amines is 1. The van der Waals surface area contributed by atoms with Gasteiger partial charge in [-0.1, -0.05) is 12.1 Å². The SMILES string of the molecule is Cc1ccc(-c2nc(CO)c(C)[nH]2)cc1F.Cl. The molecule has 2 rings (SSSR count). The van der Waals surface area contributed by atoms with Gasteiger partial charge in [-0.2, -0.15) is 0 Å². The average Bonchev–Trinajstić information content (AvgIpc) is 2.64. The number of aromatic nitrogens is 2. The Balaban J connectivity index is 0.00000144. The zero-order valence-electron chi connectivity index (χ0n) is 9.62. The third kappa shape index (κ3) is 2.65. The molecule has 3 nitrogen and oxygen atoms in total. The second-order valence-corrected chi connectivity index (χ2v) is 3.78. The van der Waals surface area contributed by atoms with E-state index in [1.54, 1.807) is 19.1 Å². The highest BCUT2D eigenvalue weighted by Crippen LogP contribution is 2.20. The first kappa shape index (κ1) is 13.7. The molecule has 1 heterocycles. The van der Waals surface area contributed by atoms with Gasteiger partial charge in [0.05, 0.1) is 12.3 Å². The number of nitrogens with one attached hydrogen (secondary N) is 1. The number of hydrogen-bond acceptors (Lipinski definition) is 2. The maximum absolute atomic E-state index is 13.4. The van der Waals surface area contributed by atoms with Crippen molar-refractivity contribution >= 4 is 12.4 Å². The lowest BCUT2D eigenvalue weighted by molar-refractivity contribution is 0.276. The van der Waals surface area contributed by atoms with Crippen LogP contribution in [0.25, 0.3) is 11.4 Å². The summed E-state index contributed by atoms with van der Waals surface area (Å²) in [5, 5.41) is 9.02. The molecular formula is C12H14ClFN2O. The van der Waals surface area contributed by atoms with Crippen LogP contribution in [0.3, 0.4) is 0 Å². The number of rotatable bonds is 2. The van der Waals surface area contributed by atoms with Gasteiger partial charge in [0.25, 0.3) is 0 Å². The van der Waals surface area contributed by atoms with Gasteiger partial charge in [0, 0.05) is 11.3 Å². The number of imidazole rings is 1. The maximum Gasteiger partial charge on any atom is 0.138 e. The fraction of sp³-hybridized carbons (Fsp3) is 0.250. The van der Waals surface area contributed by atoms with Crippen molar-refractivity contribution in [2.24, 2.45) is 0 Å². The van der Waals surface area contributed by atoms with Crippen LogP contribution in [0.15, 0.2) is 18.2 Å². The Morgan fingerprint density at radius 3 is 2.59 bits per heavy atom. The van der Waals surface area contributed by atoms with Crippen LogP contribution in [-0.4, -0.2) is 15.1 Å². The number of aliphatic hydroxyl groups excluding tert-OH is 1. The Morgan fingerprint density at radius 2 is 2.06 bits per heavy atom. The summed E-state index contributed by atoms with van der Waals surface area (Å²) in [5.74, 6) is 0.331. The molecule has 2 aromatic rings. The Bertz CT molecular complexity index is 525. The number of hydrogen-bond donors (Lipinski definition) is 2. The Morgan fingerprint density at radius 1 is 1.35 bits per heavy atom. The zero-order chi connectivity index (χ0) is 11.7. The fourth-order valence-electron chi connectivity index (χ4n) is 1.53. The van der Waals surface area contributed by atoms with E-state index in [4.69, 9.17) is 5.11 Å². The third-order valence-electron chi connectivity index (χ3n) is 2.58. The van der Waals surface area contributed by atoms with Gasteiger partial charge in [-0.05, 0) is 25.5 Å². The standard InChI is InChI=1S/C12H13FN2O.ClH/c1-7-3-4-9(5-10(7)13)12-14-8(2)11(6-16)15-12;/h3-5,16H,6H2,1-2H3,(H,14,15);1H. The van der Waals surface area contributed by atoms with Crippen LogP contribution in [0.1, 0.15) is 17.0 Å². The lowest BCUT2D eigenvalue weighted by atomic mass is 10.1. The van der Waals surface area contributed by atoms with E-state index in [-0.39, 0.29) is 24.8 Å². The van der Waals surface area contributed by atoms with Gasteiger partial charge in [-0.3, -0.25) is 0 Å². The summed E-state index contributed by atoms with van der Waals surface area (Å²) in [6.07, 6.45) is 0. The molecular weight excluding hydrogens is 243 g/mol. The minimum Gasteiger partial charge on any atom is -0.390 e. The summed E-state index contributed by atoms with van der Waals surface area (Å²) in [7, 11) is 0. The largest absolute Gasteiger partial charge is 0.390 e. The molecule has 0 bridgehead atoms. The summed E-state index contributed by atoms with van der Waals surface area (Å²) in [6, 6.07) is 4.95. The van der Waals surface area contributed by atoms with E-state index in [0.717, 1.165) is 5.69 Å². The zero-order valence-corrected chi connectivity index (χ0v) is 10.4. The van der Waals surface area contributed by atoms with Gasteiger partial charge < -0.3 is 10.1 Å². The molecule has 17 heavy (non-hydrogen) atoms. The number of nitrogens with zero attached hydrogens (tertiary/aromatic N) is 1. The number of aliphatic hydroxyl groups is 1. The van der Waals surface area contributed by atoms with Gasteiger partial charge in [-0.25, -0.2) is 9.37 Å². The smallest absolute Gasteiger partial charge is 0.138 e. The van der Waals surface area contributed by atoms with Gasteiger partial charge >= 0.3 is 0 Å². The predicted octanol–water partition coefficient (Wildman–Crippen LogP) is 2.75. The number of H-pyrrole nitrogens is 1. The highest BCUT2D eigenvalue weighted by atomic mass is 35.5. The molecule has 0 aliphatic carbocycles. The summed E-state index contributed by atoms with van der Waals surface area (Å²) in [4.78, 5) is 7.22. The maximum atomic E-state index is 13.4. The van der Waals surface area contributed by atoms with E-state index in [9.17, 15) is 4.39 Å². The molecule has 0 amide bonds. The molecule has 0 aliphatic rings. The van der Waals surface area contributed by atoms with E-state index in [1.165, 1.54) is 6.07 Å². The van der Waals surface area contributed by atoms with E-state index in [0.29, 0.717) is 22.6 Å². The van der Waals surface area contributed by atoms with Crippen LogP contribution < -0.4 is 0 Å². The Kier molecular flexibility index (Phi) is 4.26. The summed E-state index contributed by atoms with van der Waals surface area (Å²) < 4.78 is 13.4. The minimum atomic E-state index is -0.253. The average molecular weight is 257 g/mol. The van der Waals surface area contributed by atoms with Gasteiger partial charge in [0.1, 0.15) is 11.6 Å². The summed E-state index contributed by atoms with van der Waals surface area (Å²) >= 11 is 0. The molecule has 0 radical (unpaired) electrons. The molecule has 5 heteroatoms. The summed E-state index contributed by atoms with van der Waals surface area (Å²) in [6.45, 7) is 3.43. The molecule has 0 aliphatic heterocycles. The first-order valence-corrected chi connectivity index (χ1v) is 5.04. The van der Waals surface area contributed by atoms with Gasteiger partial charge in [0.15, 0.2) is 0 Å². The molecule has 0 atom stereocenters. The van der Waals surface area contributed by atoms with Crippen molar-refractivity contribution in [2.45, 2.75) is 20.5 Å². The van der Waals surface area contributed by atoms with Crippen LogP contribution in [0, 0.1) is 19.7 Å². The molecule has 1 aromatic heterocycles. The number of benzene rings is 1. The van der Waals surface area contributed by atoms with Crippen molar-refractivity contribution in [2.75, 3.05) is 0 Å². The quantitative estimate of drug-likeness (QED) is 0.868. The normalized spacial score (nSPS) is 10.1. The molecule has 0 fully saturated rings. The van der Waals surface area contributed by atoms with E-state index >= 15 is 0 Å². The lowest BCUT2D eigenvalue weighted by Crippen LogP contribution is -1.87. The molecule has 0 saturated carbocycles. The van der Waals surface area contributed by atoms with Gasteiger partial charge in [-0.15, -0.1) is 12.4 Å². The second kappa shape index (κ2) is 5.29. The number of aryl methyl sites for hydroxylation is 2. The predicted molar refractivity (Wildman–Crippen MR) is 66.6 cm³/mol. The minimum absolute atomic E-state index is 0. The van der Waals surface area contributed by atoms with Crippen molar-refractivity contribution in [3.63, 3.8) is 0 Å².